The van der Waals surface area contributed by atoms with Crippen LogP contribution in [0.1, 0.15) is 22.2 Å². The predicted molar refractivity (Wildman–Crippen MR) is 76.8 cm³/mol. The van der Waals surface area contributed by atoms with E-state index < -0.39 is 4.92 Å². The molecule has 0 fully saturated rings. The highest BCUT2D eigenvalue weighted by Crippen LogP contribution is 2.37. The maximum Gasteiger partial charge on any atom is 0.323 e. The summed E-state index contributed by atoms with van der Waals surface area (Å²) < 4.78 is 5.44. The summed E-state index contributed by atoms with van der Waals surface area (Å²) in [6.07, 6.45) is 0. The van der Waals surface area contributed by atoms with Gasteiger partial charge in [-0.05, 0) is 24.6 Å². The molecule has 0 aliphatic rings. The minimum Gasteiger partial charge on any atom is -0.474 e. The van der Waals surface area contributed by atoms with Crippen LogP contribution in [0, 0.1) is 10.1 Å². The minimum atomic E-state index is -0.555. The quantitative estimate of drug-likeness (QED) is 0.473. The summed E-state index contributed by atoms with van der Waals surface area (Å²) in [6, 6.07) is 8.21. The maximum atomic E-state index is 11.3. The highest BCUT2D eigenvalue weighted by molar-refractivity contribution is 7.16. The molecule has 0 aliphatic carbocycles. The molecule has 0 aliphatic heterocycles. The number of benzene rings is 1. The van der Waals surface area contributed by atoms with Crippen LogP contribution in [0.3, 0.4) is 0 Å². The van der Waals surface area contributed by atoms with E-state index in [2.05, 4.69) is 0 Å². The van der Waals surface area contributed by atoms with Gasteiger partial charge in [0.05, 0.1) is 9.80 Å². The predicted octanol–water partition coefficient (Wildman–Crippen LogP) is 4.09. The number of hydrogen-bond acceptors (Lipinski definition) is 5. The third-order valence-corrected chi connectivity index (χ3v) is 3.90. The second-order valence-electron chi connectivity index (χ2n) is 4.01. The Kier molecular flexibility index (Phi) is 4.36. The standard InChI is InChI=1S/C13H10ClNO4S/c1-8(16)12-6-11(15(17)18)13(20-12)19-7-9-2-4-10(14)5-3-9/h2-6H,7H2,1H3. The molecule has 20 heavy (non-hydrogen) atoms. The molecule has 5 nitrogen and oxygen atoms in total. The summed E-state index contributed by atoms with van der Waals surface area (Å²) in [4.78, 5) is 21.9. The van der Waals surface area contributed by atoms with Gasteiger partial charge in [0.1, 0.15) is 6.61 Å². The Morgan fingerprint density at radius 3 is 2.60 bits per heavy atom. The van der Waals surface area contributed by atoms with E-state index in [4.69, 9.17) is 16.3 Å². The molecule has 1 aromatic carbocycles. The molecule has 0 bridgehead atoms. The van der Waals surface area contributed by atoms with E-state index in [0.29, 0.717) is 9.90 Å². The number of carbonyl (C=O) groups excluding carboxylic acids is 1. The molecule has 0 N–H and O–H groups in total. The molecule has 1 aromatic heterocycles. The summed E-state index contributed by atoms with van der Waals surface area (Å²) in [6.45, 7) is 1.54. The van der Waals surface area contributed by atoms with E-state index in [1.54, 1.807) is 24.3 Å². The smallest absolute Gasteiger partial charge is 0.323 e. The van der Waals surface area contributed by atoms with Crippen molar-refractivity contribution in [2.75, 3.05) is 0 Å². The lowest BCUT2D eigenvalue weighted by atomic mass is 10.2. The van der Waals surface area contributed by atoms with Crippen LogP contribution in [0.2, 0.25) is 5.02 Å². The molecule has 2 rings (SSSR count). The average Bonchev–Trinajstić information content (AvgIpc) is 2.82. The lowest BCUT2D eigenvalue weighted by molar-refractivity contribution is -0.385. The summed E-state index contributed by atoms with van der Waals surface area (Å²) in [5.41, 5.74) is 0.649. The Hall–Kier alpha value is -1.92. The monoisotopic (exact) mass is 311 g/mol. The van der Waals surface area contributed by atoms with Crippen molar-refractivity contribution >= 4 is 34.4 Å². The SMILES string of the molecule is CC(=O)c1cc([N+](=O)[O-])c(OCc2ccc(Cl)cc2)s1. The van der Waals surface area contributed by atoms with Gasteiger partial charge in [0.15, 0.2) is 5.78 Å². The zero-order valence-electron chi connectivity index (χ0n) is 10.5. The van der Waals surface area contributed by atoms with Crippen molar-refractivity contribution in [3.05, 3.63) is 55.9 Å². The third-order valence-electron chi connectivity index (χ3n) is 2.51. The highest BCUT2D eigenvalue weighted by Gasteiger charge is 2.22. The van der Waals surface area contributed by atoms with Crippen molar-refractivity contribution in [1.29, 1.82) is 0 Å². The van der Waals surface area contributed by atoms with Crippen LogP contribution < -0.4 is 4.74 Å². The maximum absolute atomic E-state index is 11.3. The largest absolute Gasteiger partial charge is 0.474 e. The van der Waals surface area contributed by atoms with Crippen LogP contribution in [-0.2, 0) is 6.61 Å². The Morgan fingerprint density at radius 2 is 2.05 bits per heavy atom. The van der Waals surface area contributed by atoms with Gasteiger partial charge in [0, 0.05) is 11.1 Å². The summed E-state index contributed by atoms with van der Waals surface area (Å²) >= 11 is 6.75. The first kappa shape index (κ1) is 14.5. The molecule has 0 atom stereocenters. The first-order valence-corrected chi connectivity index (χ1v) is 6.83. The van der Waals surface area contributed by atoms with Gasteiger partial charge in [-0.15, -0.1) is 0 Å². The molecule has 0 unspecified atom stereocenters. The Morgan fingerprint density at radius 1 is 1.40 bits per heavy atom. The van der Waals surface area contributed by atoms with Crippen molar-refractivity contribution in [2.24, 2.45) is 0 Å². The van der Waals surface area contributed by atoms with Gasteiger partial charge in [-0.3, -0.25) is 14.9 Å². The number of Topliss-reactive ketones (excluding diaryl/α,β-unsaturated/α-hetero) is 1. The van der Waals surface area contributed by atoms with E-state index >= 15 is 0 Å². The Bertz CT molecular complexity index is 651. The van der Waals surface area contributed by atoms with Gasteiger partial charge in [-0.1, -0.05) is 35.1 Å². The van der Waals surface area contributed by atoms with Gasteiger partial charge >= 0.3 is 5.69 Å². The fourth-order valence-electron chi connectivity index (χ4n) is 1.50. The van der Waals surface area contributed by atoms with Crippen molar-refractivity contribution in [2.45, 2.75) is 13.5 Å². The second kappa shape index (κ2) is 6.02. The van der Waals surface area contributed by atoms with Crippen molar-refractivity contribution in [3.63, 3.8) is 0 Å². The molecule has 0 amide bonds. The van der Waals surface area contributed by atoms with Crippen LogP contribution in [0.25, 0.3) is 0 Å². The first-order valence-electron chi connectivity index (χ1n) is 5.64. The van der Waals surface area contributed by atoms with E-state index in [0.717, 1.165) is 16.9 Å². The number of nitrogens with zero attached hydrogens (tertiary/aromatic N) is 1. The molecule has 104 valence electrons. The van der Waals surface area contributed by atoms with Gasteiger partial charge in [-0.2, -0.15) is 0 Å². The number of rotatable bonds is 5. The summed E-state index contributed by atoms with van der Waals surface area (Å²) in [7, 11) is 0. The van der Waals surface area contributed by atoms with Gasteiger partial charge in [0.2, 0.25) is 0 Å². The summed E-state index contributed by atoms with van der Waals surface area (Å²) in [5.74, 6) is -0.223. The zero-order valence-corrected chi connectivity index (χ0v) is 12.0. The molecule has 0 saturated carbocycles. The highest BCUT2D eigenvalue weighted by atomic mass is 35.5. The average molecular weight is 312 g/mol. The van der Waals surface area contributed by atoms with E-state index in [9.17, 15) is 14.9 Å². The van der Waals surface area contributed by atoms with E-state index in [1.165, 1.54) is 13.0 Å². The third kappa shape index (κ3) is 3.34. The molecular formula is C13H10ClNO4S. The molecule has 7 heteroatoms. The normalized spacial score (nSPS) is 10.3. The molecule has 1 heterocycles. The number of nitro groups is 1. The fraction of sp³-hybridized carbons (Fsp3) is 0.154. The van der Waals surface area contributed by atoms with Crippen LogP contribution in [-0.4, -0.2) is 10.7 Å². The van der Waals surface area contributed by atoms with Crippen LogP contribution >= 0.6 is 22.9 Å². The molecule has 0 saturated heterocycles. The number of hydrogen-bond donors (Lipinski definition) is 0. The number of thiophene rings is 1. The molecule has 2 aromatic rings. The van der Waals surface area contributed by atoms with Crippen LogP contribution in [0.15, 0.2) is 30.3 Å². The number of ketones is 1. The van der Waals surface area contributed by atoms with Gasteiger partial charge < -0.3 is 4.74 Å². The van der Waals surface area contributed by atoms with Crippen LogP contribution in [0.4, 0.5) is 5.69 Å². The number of halogens is 1. The van der Waals surface area contributed by atoms with Crippen molar-refractivity contribution < 1.29 is 14.5 Å². The van der Waals surface area contributed by atoms with Crippen molar-refractivity contribution in [3.8, 4) is 5.06 Å². The lowest BCUT2D eigenvalue weighted by Gasteiger charge is -2.03. The fourth-order valence-corrected chi connectivity index (χ4v) is 2.49. The Labute approximate surface area is 123 Å². The zero-order chi connectivity index (χ0) is 14.7. The van der Waals surface area contributed by atoms with Crippen molar-refractivity contribution in [1.82, 2.24) is 0 Å². The van der Waals surface area contributed by atoms with Crippen LogP contribution in [0.5, 0.6) is 5.06 Å². The minimum absolute atomic E-state index is 0.134. The Balaban J connectivity index is 2.17. The number of ether oxygens (including phenoxy) is 1. The van der Waals surface area contributed by atoms with Gasteiger partial charge in [0.25, 0.3) is 5.06 Å². The molecule has 0 spiro atoms. The van der Waals surface area contributed by atoms with E-state index in [1.807, 2.05) is 0 Å². The molecular weight excluding hydrogens is 302 g/mol. The number of carbonyl (C=O) groups is 1. The lowest BCUT2D eigenvalue weighted by Crippen LogP contribution is -1.96. The molecule has 0 radical (unpaired) electrons. The van der Waals surface area contributed by atoms with E-state index in [-0.39, 0.29) is 23.1 Å². The first-order chi connectivity index (χ1) is 9.47. The summed E-state index contributed by atoms with van der Waals surface area (Å²) in [5, 5.41) is 11.7. The topological polar surface area (TPSA) is 69.4 Å². The second-order valence-corrected chi connectivity index (χ2v) is 5.46. The van der Waals surface area contributed by atoms with Gasteiger partial charge in [-0.25, -0.2) is 0 Å².